The van der Waals surface area contributed by atoms with Gasteiger partial charge in [-0.1, -0.05) is 34.1 Å². The van der Waals surface area contributed by atoms with Crippen molar-refractivity contribution in [2.75, 3.05) is 7.11 Å². The van der Waals surface area contributed by atoms with E-state index in [9.17, 15) is 4.79 Å². The predicted octanol–water partition coefficient (Wildman–Crippen LogP) is 3.79. The lowest BCUT2D eigenvalue weighted by atomic mass is 10.1. The molecule has 100 valence electrons. The van der Waals surface area contributed by atoms with Crippen LogP contribution in [-0.4, -0.2) is 18.7 Å². The van der Waals surface area contributed by atoms with Crippen molar-refractivity contribution in [1.82, 2.24) is 0 Å². The molecule has 0 radical (unpaired) electrons. The molecular weight excluding hydrogens is 296 g/mol. The highest BCUT2D eigenvalue weighted by Gasteiger charge is 2.29. The second-order valence-electron chi connectivity index (χ2n) is 5.11. The van der Waals surface area contributed by atoms with E-state index in [1.54, 1.807) is 0 Å². The molecule has 0 N–H and O–H groups in total. The Labute approximate surface area is 117 Å². The minimum atomic E-state index is -0.718. The van der Waals surface area contributed by atoms with E-state index in [0.29, 0.717) is 0 Å². The van der Waals surface area contributed by atoms with Crippen molar-refractivity contribution >= 4 is 21.9 Å². The quantitative estimate of drug-likeness (QED) is 0.796. The van der Waals surface area contributed by atoms with Gasteiger partial charge in [-0.25, -0.2) is 4.79 Å². The van der Waals surface area contributed by atoms with E-state index in [2.05, 4.69) is 15.9 Å². The lowest BCUT2D eigenvalue weighted by Gasteiger charge is -2.27. The fourth-order valence-electron chi connectivity index (χ4n) is 1.57. The minimum Gasteiger partial charge on any atom is -0.467 e. The number of aryl methyl sites for hydroxylation is 1. The van der Waals surface area contributed by atoms with Gasteiger partial charge in [0.2, 0.25) is 0 Å². The van der Waals surface area contributed by atoms with E-state index >= 15 is 0 Å². The fourth-order valence-corrected chi connectivity index (χ4v) is 2.04. The van der Waals surface area contributed by atoms with Crippen LogP contribution in [0.2, 0.25) is 0 Å². The molecule has 3 nitrogen and oxygen atoms in total. The van der Waals surface area contributed by atoms with Crippen LogP contribution in [0.15, 0.2) is 22.7 Å². The molecule has 0 aliphatic heterocycles. The summed E-state index contributed by atoms with van der Waals surface area (Å²) in [6, 6.07) is 5.74. The van der Waals surface area contributed by atoms with Crippen LogP contribution in [0.5, 0.6) is 0 Å². The van der Waals surface area contributed by atoms with Gasteiger partial charge in [0.1, 0.15) is 0 Å². The third-order valence-corrected chi connectivity index (χ3v) is 3.47. The molecule has 18 heavy (non-hydrogen) atoms. The molecule has 1 aromatic carbocycles. The lowest BCUT2D eigenvalue weighted by molar-refractivity contribution is -0.164. The van der Waals surface area contributed by atoms with Crippen molar-refractivity contribution in [3.63, 3.8) is 0 Å². The number of rotatable bonds is 3. The second-order valence-corrected chi connectivity index (χ2v) is 5.90. The first-order valence-corrected chi connectivity index (χ1v) is 6.56. The Morgan fingerprint density at radius 3 is 2.44 bits per heavy atom. The molecule has 0 bridgehead atoms. The van der Waals surface area contributed by atoms with E-state index in [0.717, 1.165) is 15.6 Å². The normalized spacial score (nSPS) is 13.2. The molecule has 0 fully saturated rings. The van der Waals surface area contributed by atoms with Gasteiger partial charge in [-0.05, 0) is 33.3 Å². The topological polar surface area (TPSA) is 35.5 Å². The average Bonchev–Trinajstić information content (AvgIpc) is 2.28. The van der Waals surface area contributed by atoms with E-state index in [4.69, 9.17) is 9.47 Å². The van der Waals surface area contributed by atoms with Gasteiger partial charge in [0.05, 0.1) is 12.7 Å². The zero-order valence-corrected chi connectivity index (χ0v) is 13.0. The summed E-state index contributed by atoms with van der Waals surface area (Å²) >= 11 is 3.50. The summed E-state index contributed by atoms with van der Waals surface area (Å²) in [4.78, 5) is 11.9. The molecule has 1 rings (SSSR count). The van der Waals surface area contributed by atoms with E-state index in [1.807, 2.05) is 45.9 Å². The van der Waals surface area contributed by atoms with Crippen LogP contribution in [-0.2, 0) is 14.3 Å². The largest absolute Gasteiger partial charge is 0.467 e. The molecule has 0 aromatic heterocycles. The Kier molecular flexibility index (Phi) is 4.93. The number of esters is 1. The number of benzene rings is 1. The Bertz CT molecular complexity index is 435. The van der Waals surface area contributed by atoms with Crippen molar-refractivity contribution in [3.05, 3.63) is 33.8 Å². The summed E-state index contributed by atoms with van der Waals surface area (Å²) in [7, 11) is 1.37. The van der Waals surface area contributed by atoms with Crippen LogP contribution in [0.25, 0.3) is 0 Å². The maximum absolute atomic E-state index is 11.9. The third-order valence-electron chi connectivity index (χ3n) is 2.39. The fraction of sp³-hybridized carbons (Fsp3) is 0.500. The van der Waals surface area contributed by atoms with Crippen molar-refractivity contribution in [2.24, 2.45) is 0 Å². The van der Waals surface area contributed by atoms with Crippen LogP contribution in [0.1, 0.15) is 38.0 Å². The molecule has 1 atom stereocenters. The molecule has 0 aliphatic rings. The van der Waals surface area contributed by atoms with Gasteiger partial charge < -0.3 is 9.47 Å². The number of halogens is 1. The monoisotopic (exact) mass is 314 g/mol. The first-order valence-electron chi connectivity index (χ1n) is 5.77. The van der Waals surface area contributed by atoms with Crippen molar-refractivity contribution < 1.29 is 14.3 Å². The molecule has 1 aromatic rings. The summed E-state index contributed by atoms with van der Waals surface area (Å²) in [5, 5.41) is 0. The van der Waals surface area contributed by atoms with Crippen LogP contribution >= 0.6 is 15.9 Å². The molecular formula is C14H19BrO3. The molecule has 4 heteroatoms. The summed E-state index contributed by atoms with van der Waals surface area (Å²) in [5.41, 5.74) is 1.41. The smallest absolute Gasteiger partial charge is 0.339 e. The Morgan fingerprint density at radius 1 is 1.33 bits per heavy atom. The summed E-state index contributed by atoms with van der Waals surface area (Å²) in [6.45, 7) is 7.70. The molecule has 0 saturated carbocycles. The SMILES string of the molecule is COC(=O)C(OC(C)(C)C)c1cccc(C)c1Br. The Hall–Kier alpha value is -0.870. The Balaban J connectivity index is 3.18. The second kappa shape index (κ2) is 5.85. The third kappa shape index (κ3) is 3.82. The van der Waals surface area contributed by atoms with Crippen LogP contribution in [0.3, 0.4) is 0 Å². The first kappa shape index (κ1) is 15.2. The molecule has 0 amide bonds. The van der Waals surface area contributed by atoms with Gasteiger partial charge in [0, 0.05) is 10.0 Å². The van der Waals surface area contributed by atoms with Crippen LogP contribution in [0, 0.1) is 6.92 Å². The molecule has 1 unspecified atom stereocenters. The van der Waals surface area contributed by atoms with E-state index in [1.165, 1.54) is 7.11 Å². The molecule has 0 saturated heterocycles. The minimum absolute atomic E-state index is 0.392. The number of hydrogen-bond acceptors (Lipinski definition) is 3. The van der Waals surface area contributed by atoms with Gasteiger partial charge in [-0.2, -0.15) is 0 Å². The van der Waals surface area contributed by atoms with Crippen LogP contribution < -0.4 is 0 Å². The number of carbonyl (C=O) groups excluding carboxylic acids is 1. The number of hydrogen-bond donors (Lipinski definition) is 0. The summed E-state index contributed by atoms with van der Waals surface area (Å²) in [5.74, 6) is -0.392. The van der Waals surface area contributed by atoms with Gasteiger partial charge >= 0.3 is 5.97 Å². The maximum Gasteiger partial charge on any atom is 0.339 e. The highest BCUT2D eigenvalue weighted by atomic mass is 79.9. The van der Waals surface area contributed by atoms with E-state index in [-0.39, 0.29) is 0 Å². The lowest BCUT2D eigenvalue weighted by Crippen LogP contribution is -2.28. The first-order chi connectivity index (χ1) is 8.26. The molecule has 0 heterocycles. The average molecular weight is 315 g/mol. The highest BCUT2D eigenvalue weighted by molar-refractivity contribution is 9.10. The predicted molar refractivity (Wildman–Crippen MR) is 74.5 cm³/mol. The van der Waals surface area contributed by atoms with Gasteiger partial charge in [0.25, 0.3) is 0 Å². The zero-order valence-electron chi connectivity index (χ0n) is 11.4. The van der Waals surface area contributed by atoms with Gasteiger partial charge in [0.15, 0.2) is 6.10 Å². The van der Waals surface area contributed by atoms with Crippen molar-refractivity contribution in [2.45, 2.75) is 39.4 Å². The molecule has 0 spiro atoms. The molecule has 0 aliphatic carbocycles. The van der Waals surface area contributed by atoms with E-state index < -0.39 is 17.7 Å². The van der Waals surface area contributed by atoms with Gasteiger partial charge in [-0.3, -0.25) is 0 Å². The zero-order chi connectivity index (χ0) is 13.9. The van der Waals surface area contributed by atoms with Gasteiger partial charge in [-0.15, -0.1) is 0 Å². The maximum atomic E-state index is 11.9. The highest BCUT2D eigenvalue weighted by Crippen LogP contribution is 2.32. The van der Waals surface area contributed by atoms with Crippen molar-refractivity contribution in [3.8, 4) is 0 Å². The number of carbonyl (C=O) groups is 1. The van der Waals surface area contributed by atoms with Crippen molar-refractivity contribution in [1.29, 1.82) is 0 Å². The summed E-state index contributed by atoms with van der Waals surface area (Å²) in [6.07, 6.45) is -0.718. The number of ether oxygens (including phenoxy) is 2. The Morgan fingerprint density at radius 2 is 1.94 bits per heavy atom. The van der Waals surface area contributed by atoms with Crippen LogP contribution in [0.4, 0.5) is 0 Å². The standard InChI is InChI=1S/C14H19BrO3/c1-9-7-6-8-10(11(9)15)12(13(16)17-5)18-14(2,3)4/h6-8,12H,1-5H3. The summed E-state index contributed by atoms with van der Waals surface area (Å²) < 4.78 is 11.5. The number of methoxy groups -OCH3 is 1.